The summed E-state index contributed by atoms with van der Waals surface area (Å²) in [7, 11) is -1.38. The summed E-state index contributed by atoms with van der Waals surface area (Å²) >= 11 is 4.48. The van der Waals surface area contributed by atoms with Gasteiger partial charge in [0, 0.05) is 25.8 Å². The van der Waals surface area contributed by atoms with Gasteiger partial charge in [0.2, 0.25) is 10.0 Å². The standard InChI is InChI=1S/C14H17BrN2O2S2/c1-17(12-6-3-2-4-7-12)11-5-10-16-21(18,19)14-9-8-13(15)20-14/h2-4,6-9,16H,5,10-11H2,1H3. The summed E-state index contributed by atoms with van der Waals surface area (Å²) in [5.74, 6) is 0. The summed E-state index contributed by atoms with van der Waals surface area (Å²) in [6, 6.07) is 13.4. The highest BCUT2D eigenvalue weighted by molar-refractivity contribution is 9.11. The van der Waals surface area contributed by atoms with E-state index in [2.05, 4.69) is 25.6 Å². The number of benzene rings is 1. The van der Waals surface area contributed by atoms with Crippen LogP contribution in [0.2, 0.25) is 0 Å². The molecule has 7 heteroatoms. The van der Waals surface area contributed by atoms with Crippen LogP contribution in [-0.2, 0) is 10.0 Å². The molecule has 0 saturated heterocycles. The van der Waals surface area contributed by atoms with Gasteiger partial charge in [-0.05, 0) is 46.6 Å². The van der Waals surface area contributed by atoms with Crippen LogP contribution < -0.4 is 9.62 Å². The van der Waals surface area contributed by atoms with Gasteiger partial charge in [-0.2, -0.15) is 0 Å². The van der Waals surface area contributed by atoms with Gasteiger partial charge in [-0.3, -0.25) is 0 Å². The number of nitrogens with zero attached hydrogens (tertiary/aromatic N) is 1. The van der Waals surface area contributed by atoms with Crippen LogP contribution in [0.15, 0.2) is 50.5 Å². The monoisotopic (exact) mass is 388 g/mol. The van der Waals surface area contributed by atoms with Crippen molar-refractivity contribution in [3.05, 3.63) is 46.3 Å². The fourth-order valence-electron chi connectivity index (χ4n) is 1.85. The zero-order chi connectivity index (χ0) is 15.3. The molecule has 0 aliphatic heterocycles. The first-order valence-corrected chi connectivity index (χ1v) is 9.59. The molecule has 0 spiro atoms. The van der Waals surface area contributed by atoms with Crippen molar-refractivity contribution in [2.75, 3.05) is 25.0 Å². The van der Waals surface area contributed by atoms with E-state index in [1.807, 2.05) is 37.4 Å². The molecule has 0 aliphatic carbocycles. The highest BCUT2D eigenvalue weighted by Gasteiger charge is 2.15. The van der Waals surface area contributed by atoms with Gasteiger partial charge in [0.25, 0.3) is 0 Å². The highest BCUT2D eigenvalue weighted by Crippen LogP contribution is 2.25. The van der Waals surface area contributed by atoms with Gasteiger partial charge < -0.3 is 4.90 Å². The number of hydrogen-bond donors (Lipinski definition) is 1. The third-order valence-electron chi connectivity index (χ3n) is 2.97. The fraction of sp³-hybridized carbons (Fsp3) is 0.286. The van der Waals surface area contributed by atoms with E-state index >= 15 is 0 Å². The average Bonchev–Trinajstić information content (AvgIpc) is 2.92. The van der Waals surface area contributed by atoms with E-state index in [0.717, 1.165) is 22.4 Å². The van der Waals surface area contributed by atoms with Crippen molar-refractivity contribution in [3.63, 3.8) is 0 Å². The van der Waals surface area contributed by atoms with Crippen LogP contribution in [0.25, 0.3) is 0 Å². The summed E-state index contributed by atoms with van der Waals surface area (Å²) in [4.78, 5) is 2.11. The van der Waals surface area contributed by atoms with Crippen molar-refractivity contribution in [3.8, 4) is 0 Å². The molecule has 2 rings (SSSR count). The lowest BCUT2D eigenvalue weighted by atomic mass is 10.3. The van der Waals surface area contributed by atoms with Gasteiger partial charge >= 0.3 is 0 Å². The van der Waals surface area contributed by atoms with Crippen molar-refractivity contribution in [1.82, 2.24) is 4.72 Å². The van der Waals surface area contributed by atoms with Crippen molar-refractivity contribution in [2.45, 2.75) is 10.6 Å². The van der Waals surface area contributed by atoms with E-state index in [9.17, 15) is 8.42 Å². The van der Waals surface area contributed by atoms with Gasteiger partial charge in [0.05, 0.1) is 3.79 Å². The molecule has 114 valence electrons. The van der Waals surface area contributed by atoms with Crippen molar-refractivity contribution < 1.29 is 8.42 Å². The fourth-order valence-corrected chi connectivity index (χ4v) is 4.98. The lowest BCUT2D eigenvalue weighted by Crippen LogP contribution is -2.27. The Morgan fingerprint density at radius 3 is 2.52 bits per heavy atom. The Bertz CT molecular complexity index is 671. The summed E-state index contributed by atoms with van der Waals surface area (Å²) in [6.45, 7) is 1.22. The van der Waals surface area contributed by atoms with Gasteiger partial charge in [-0.15, -0.1) is 11.3 Å². The van der Waals surface area contributed by atoms with Gasteiger partial charge in [-0.25, -0.2) is 13.1 Å². The molecule has 0 amide bonds. The Morgan fingerprint density at radius 2 is 1.90 bits per heavy atom. The molecule has 0 saturated carbocycles. The number of rotatable bonds is 7. The van der Waals surface area contributed by atoms with Gasteiger partial charge in [0.15, 0.2) is 0 Å². The number of anilines is 1. The molecule has 0 radical (unpaired) electrons. The van der Waals surface area contributed by atoms with Crippen LogP contribution in [-0.4, -0.2) is 28.6 Å². The minimum absolute atomic E-state index is 0.339. The number of thiophene rings is 1. The third-order valence-corrected chi connectivity index (χ3v) is 6.55. The number of halogens is 1. The third kappa shape index (κ3) is 4.81. The Labute approximate surface area is 138 Å². The molecule has 1 N–H and O–H groups in total. The van der Waals surface area contributed by atoms with Crippen LogP contribution in [0, 0.1) is 0 Å². The van der Waals surface area contributed by atoms with Crippen LogP contribution in [0.1, 0.15) is 6.42 Å². The maximum Gasteiger partial charge on any atom is 0.250 e. The minimum Gasteiger partial charge on any atom is -0.375 e. The molecular weight excluding hydrogens is 372 g/mol. The highest BCUT2D eigenvalue weighted by atomic mass is 79.9. The first-order valence-electron chi connectivity index (χ1n) is 6.50. The molecule has 0 unspecified atom stereocenters. The van der Waals surface area contributed by atoms with E-state index in [1.165, 1.54) is 11.3 Å². The zero-order valence-electron chi connectivity index (χ0n) is 11.6. The topological polar surface area (TPSA) is 49.4 Å². The molecule has 0 bridgehead atoms. The summed E-state index contributed by atoms with van der Waals surface area (Å²) in [6.07, 6.45) is 0.747. The van der Waals surface area contributed by atoms with Crippen LogP contribution in [0.4, 0.5) is 5.69 Å². The van der Waals surface area contributed by atoms with Crippen LogP contribution >= 0.6 is 27.3 Å². The second-order valence-electron chi connectivity index (χ2n) is 4.57. The maximum absolute atomic E-state index is 12.0. The summed E-state index contributed by atoms with van der Waals surface area (Å²) in [5, 5.41) is 0. The van der Waals surface area contributed by atoms with E-state index in [-0.39, 0.29) is 0 Å². The summed E-state index contributed by atoms with van der Waals surface area (Å²) < 4.78 is 27.8. The molecule has 2 aromatic rings. The number of para-hydroxylation sites is 1. The molecular formula is C14H17BrN2O2S2. The first-order chi connectivity index (χ1) is 9.99. The first kappa shape index (κ1) is 16.5. The van der Waals surface area contributed by atoms with E-state index in [1.54, 1.807) is 12.1 Å². The molecule has 0 atom stereocenters. The predicted octanol–water partition coefficient (Wildman–Crippen LogP) is 3.32. The minimum atomic E-state index is -3.38. The molecule has 0 fully saturated rings. The van der Waals surface area contributed by atoms with E-state index < -0.39 is 10.0 Å². The van der Waals surface area contributed by atoms with Crippen molar-refractivity contribution in [2.24, 2.45) is 0 Å². The van der Waals surface area contributed by atoms with Crippen LogP contribution in [0.3, 0.4) is 0 Å². The molecule has 0 aliphatic rings. The Balaban J connectivity index is 1.80. The molecule has 4 nitrogen and oxygen atoms in total. The molecule has 21 heavy (non-hydrogen) atoms. The number of sulfonamides is 1. The number of nitrogens with one attached hydrogen (secondary N) is 1. The molecule has 1 aromatic carbocycles. The van der Waals surface area contributed by atoms with Crippen LogP contribution in [0.5, 0.6) is 0 Å². The second-order valence-corrected chi connectivity index (χ2v) is 9.02. The lowest BCUT2D eigenvalue weighted by Gasteiger charge is -2.19. The predicted molar refractivity (Wildman–Crippen MR) is 91.5 cm³/mol. The SMILES string of the molecule is CN(CCCNS(=O)(=O)c1ccc(Br)s1)c1ccccc1. The second kappa shape index (κ2) is 7.40. The Hall–Kier alpha value is -0.890. The van der Waals surface area contributed by atoms with Crippen molar-refractivity contribution in [1.29, 1.82) is 0 Å². The smallest absolute Gasteiger partial charge is 0.250 e. The normalized spacial score (nSPS) is 11.5. The van der Waals surface area contributed by atoms with Gasteiger partial charge in [0.1, 0.15) is 4.21 Å². The maximum atomic E-state index is 12.0. The molecule has 1 aromatic heterocycles. The zero-order valence-corrected chi connectivity index (χ0v) is 14.8. The summed E-state index contributed by atoms with van der Waals surface area (Å²) in [5.41, 5.74) is 1.13. The Kier molecular flexibility index (Phi) is 5.80. The molecule has 1 heterocycles. The van der Waals surface area contributed by atoms with Gasteiger partial charge in [-0.1, -0.05) is 18.2 Å². The van der Waals surface area contributed by atoms with Crippen molar-refractivity contribution >= 4 is 43.0 Å². The largest absolute Gasteiger partial charge is 0.375 e. The Morgan fingerprint density at radius 1 is 1.19 bits per heavy atom. The number of hydrogen-bond acceptors (Lipinski definition) is 4. The van der Waals surface area contributed by atoms with E-state index in [0.29, 0.717) is 10.8 Å². The van der Waals surface area contributed by atoms with E-state index in [4.69, 9.17) is 0 Å². The quantitative estimate of drug-likeness (QED) is 0.740. The average molecular weight is 389 g/mol. The lowest BCUT2D eigenvalue weighted by molar-refractivity contribution is 0.581.